The smallest absolute Gasteiger partial charge is 0.0499 e. The predicted molar refractivity (Wildman–Crippen MR) is 58.2 cm³/mol. The molecule has 1 aliphatic carbocycles. The molecule has 82 valence electrons. The maximum atomic E-state index is 9.52. The summed E-state index contributed by atoms with van der Waals surface area (Å²) in [5.41, 5.74) is 0.268. The van der Waals surface area contributed by atoms with Crippen LogP contribution in [-0.2, 0) is 0 Å². The van der Waals surface area contributed by atoms with Crippen LogP contribution in [0.4, 0.5) is 0 Å². The van der Waals surface area contributed by atoms with E-state index in [1.165, 1.54) is 45.2 Å². The number of nitrogens with zero attached hydrogens (tertiary/aromatic N) is 1. The van der Waals surface area contributed by atoms with Gasteiger partial charge in [0.2, 0.25) is 0 Å². The summed E-state index contributed by atoms with van der Waals surface area (Å²) >= 11 is 0. The van der Waals surface area contributed by atoms with Gasteiger partial charge in [-0.25, -0.2) is 0 Å². The molecule has 0 aromatic heterocycles. The van der Waals surface area contributed by atoms with E-state index in [1.54, 1.807) is 0 Å². The topological polar surface area (TPSA) is 23.5 Å². The Morgan fingerprint density at radius 1 is 1.36 bits per heavy atom. The fraction of sp³-hybridized carbons (Fsp3) is 1.00. The number of hydrogen-bond donors (Lipinski definition) is 1. The summed E-state index contributed by atoms with van der Waals surface area (Å²) in [4.78, 5) is 2.56. The first kappa shape index (κ1) is 10.4. The number of likely N-dealkylation sites (tertiary alicyclic amines) is 1. The van der Waals surface area contributed by atoms with Crippen LogP contribution < -0.4 is 0 Å². The molecule has 0 radical (unpaired) electrons. The van der Waals surface area contributed by atoms with Crippen molar-refractivity contribution >= 4 is 0 Å². The van der Waals surface area contributed by atoms with Crippen molar-refractivity contribution < 1.29 is 5.11 Å². The highest BCUT2D eigenvalue weighted by Crippen LogP contribution is 2.39. The number of hydrogen-bond acceptors (Lipinski definition) is 2. The molecule has 0 bridgehead atoms. The Balaban J connectivity index is 1.88. The average Bonchev–Trinajstić information content (AvgIpc) is 2.77. The first-order chi connectivity index (χ1) is 6.74. The third-order valence-electron chi connectivity index (χ3n) is 4.07. The van der Waals surface area contributed by atoms with Crippen molar-refractivity contribution in [2.24, 2.45) is 11.3 Å². The van der Waals surface area contributed by atoms with Gasteiger partial charge >= 0.3 is 0 Å². The van der Waals surface area contributed by atoms with E-state index in [-0.39, 0.29) is 5.41 Å². The molecular weight excluding hydrogens is 174 g/mol. The zero-order valence-corrected chi connectivity index (χ0v) is 9.34. The van der Waals surface area contributed by atoms with Gasteiger partial charge < -0.3 is 10.0 Å². The van der Waals surface area contributed by atoms with E-state index < -0.39 is 0 Å². The van der Waals surface area contributed by atoms with E-state index in [4.69, 9.17) is 0 Å². The van der Waals surface area contributed by atoms with Crippen molar-refractivity contribution in [1.82, 2.24) is 4.90 Å². The molecule has 2 fully saturated rings. The van der Waals surface area contributed by atoms with Gasteiger partial charge in [-0.1, -0.05) is 19.8 Å². The van der Waals surface area contributed by atoms with Crippen LogP contribution in [0.25, 0.3) is 0 Å². The second-order valence-electron chi connectivity index (χ2n) is 5.49. The molecule has 1 saturated carbocycles. The van der Waals surface area contributed by atoms with Gasteiger partial charge in [-0.05, 0) is 31.7 Å². The van der Waals surface area contributed by atoms with Crippen molar-refractivity contribution in [3.05, 3.63) is 0 Å². The van der Waals surface area contributed by atoms with Gasteiger partial charge in [0.05, 0.1) is 0 Å². The van der Waals surface area contributed by atoms with Gasteiger partial charge in [0.25, 0.3) is 0 Å². The second kappa shape index (κ2) is 4.19. The largest absolute Gasteiger partial charge is 0.396 e. The van der Waals surface area contributed by atoms with Crippen LogP contribution in [0.2, 0.25) is 0 Å². The van der Waals surface area contributed by atoms with E-state index in [1.807, 2.05) is 0 Å². The molecule has 14 heavy (non-hydrogen) atoms. The predicted octanol–water partition coefficient (Wildman–Crippen LogP) is 1.88. The lowest BCUT2D eigenvalue weighted by Gasteiger charge is -2.31. The van der Waals surface area contributed by atoms with E-state index in [0.717, 1.165) is 12.5 Å². The molecule has 0 spiro atoms. The summed E-state index contributed by atoms with van der Waals surface area (Å²) < 4.78 is 0. The molecule has 0 aromatic carbocycles. The lowest BCUT2D eigenvalue weighted by atomic mass is 9.86. The van der Waals surface area contributed by atoms with Gasteiger partial charge in [0, 0.05) is 25.1 Å². The van der Waals surface area contributed by atoms with Gasteiger partial charge in [0.1, 0.15) is 0 Å². The van der Waals surface area contributed by atoms with Crippen molar-refractivity contribution in [3.63, 3.8) is 0 Å². The number of rotatable bonds is 3. The molecule has 1 unspecified atom stereocenters. The minimum atomic E-state index is 0.268. The Morgan fingerprint density at radius 2 is 2.07 bits per heavy atom. The lowest BCUT2D eigenvalue weighted by Crippen LogP contribution is -2.37. The summed E-state index contributed by atoms with van der Waals surface area (Å²) in [5.74, 6) is 0.868. The van der Waals surface area contributed by atoms with Gasteiger partial charge in [-0.3, -0.25) is 0 Å². The normalized spacial score (nSPS) is 32.6. The van der Waals surface area contributed by atoms with Gasteiger partial charge in [0.15, 0.2) is 0 Å². The summed E-state index contributed by atoms with van der Waals surface area (Å²) in [6, 6.07) is 0. The molecule has 2 aliphatic rings. The third-order valence-corrected chi connectivity index (χ3v) is 4.07. The number of aliphatic hydroxyl groups is 1. The van der Waals surface area contributed by atoms with E-state index in [9.17, 15) is 5.11 Å². The maximum absolute atomic E-state index is 9.52. The van der Waals surface area contributed by atoms with Crippen LogP contribution in [-0.4, -0.2) is 36.2 Å². The molecule has 1 aliphatic heterocycles. The highest BCUT2D eigenvalue weighted by Gasteiger charge is 2.36. The zero-order valence-electron chi connectivity index (χ0n) is 9.34. The van der Waals surface area contributed by atoms with Gasteiger partial charge in [-0.2, -0.15) is 0 Å². The monoisotopic (exact) mass is 197 g/mol. The molecular formula is C12H23NO. The average molecular weight is 197 g/mol. The van der Waals surface area contributed by atoms with Crippen LogP contribution in [0.15, 0.2) is 0 Å². The first-order valence-corrected chi connectivity index (χ1v) is 6.07. The highest BCUT2D eigenvalue weighted by atomic mass is 16.3. The van der Waals surface area contributed by atoms with E-state index in [0.29, 0.717) is 6.61 Å². The lowest BCUT2D eigenvalue weighted by molar-refractivity contribution is 0.0871. The van der Waals surface area contributed by atoms with E-state index >= 15 is 0 Å². The fourth-order valence-corrected chi connectivity index (χ4v) is 3.14. The quantitative estimate of drug-likeness (QED) is 0.746. The van der Waals surface area contributed by atoms with Crippen LogP contribution in [0.5, 0.6) is 0 Å². The van der Waals surface area contributed by atoms with Crippen molar-refractivity contribution in [1.29, 1.82) is 0 Å². The third kappa shape index (κ3) is 2.12. The standard InChI is InChI=1S/C12H23NO/c1-11-4-7-13(8-11)9-12(10-14)5-2-3-6-12/h11,14H,2-10H2,1H3. The van der Waals surface area contributed by atoms with Crippen LogP contribution in [0, 0.1) is 11.3 Å². The molecule has 1 atom stereocenters. The van der Waals surface area contributed by atoms with Crippen molar-refractivity contribution in [3.8, 4) is 0 Å². The van der Waals surface area contributed by atoms with Crippen molar-refractivity contribution in [2.45, 2.75) is 39.0 Å². The highest BCUT2D eigenvalue weighted by molar-refractivity contribution is 4.88. The van der Waals surface area contributed by atoms with E-state index in [2.05, 4.69) is 11.8 Å². The van der Waals surface area contributed by atoms with Crippen molar-refractivity contribution in [2.75, 3.05) is 26.2 Å². The van der Waals surface area contributed by atoms with Gasteiger partial charge in [-0.15, -0.1) is 0 Å². The number of aliphatic hydroxyl groups excluding tert-OH is 1. The molecule has 1 heterocycles. The Morgan fingerprint density at radius 3 is 2.57 bits per heavy atom. The second-order valence-corrected chi connectivity index (χ2v) is 5.49. The molecule has 0 aromatic rings. The summed E-state index contributed by atoms with van der Waals surface area (Å²) in [7, 11) is 0. The molecule has 2 nitrogen and oxygen atoms in total. The molecule has 2 rings (SSSR count). The molecule has 1 saturated heterocycles. The first-order valence-electron chi connectivity index (χ1n) is 6.07. The van der Waals surface area contributed by atoms with Crippen LogP contribution in [0.1, 0.15) is 39.0 Å². The SMILES string of the molecule is CC1CCN(CC2(CO)CCCC2)C1. The Labute approximate surface area is 87.3 Å². The fourth-order valence-electron chi connectivity index (χ4n) is 3.14. The van der Waals surface area contributed by atoms with Crippen LogP contribution in [0.3, 0.4) is 0 Å². The van der Waals surface area contributed by atoms with Crippen LogP contribution >= 0.6 is 0 Å². The summed E-state index contributed by atoms with van der Waals surface area (Å²) in [5, 5.41) is 9.52. The molecule has 2 heteroatoms. The summed E-state index contributed by atoms with van der Waals surface area (Å²) in [6.45, 7) is 6.39. The molecule has 0 amide bonds. The Kier molecular flexibility index (Phi) is 3.13. The zero-order chi connectivity index (χ0) is 10.0. The Bertz CT molecular complexity index is 187. The summed E-state index contributed by atoms with van der Waals surface area (Å²) in [6.07, 6.45) is 6.48. The minimum Gasteiger partial charge on any atom is -0.396 e. The Hall–Kier alpha value is -0.0800. The maximum Gasteiger partial charge on any atom is 0.0499 e. The minimum absolute atomic E-state index is 0.268. The molecule has 1 N–H and O–H groups in total.